The first-order chi connectivity index (χ1) is 23.2. The van der Waals surface area contributed by atoms with Gasteiger partial charge in [-0.15, -0.1) is 13.2 Å². The third-order valence-electron chi connectivity index (χ3n) is 9.69. The molecule has 4 amide bonds. The van der Waals surface area contributed by atoms with Crippen LogP contribution in [0.1, 0.15) is 75.3 Å². The molecule has 5 atom stereocenters. The van der Waals surface area contributed by atoms with Crippen LogP contribution in [0.2, 0.25) is 0 Å². The molecule has 0 spiro atoms. The predicted octanol–water partition coefficient (Wildman–Crippen LogP) is 3.76. The van der Waals surface area contributed by atoms with Gasteiger partial charge < -0.3 is 34.7 Å². The SMILES string of the molecule is C=CCCCC[C@H](NC(=O)OC1CCCC1)C(=O)N1C[C@H](OC(=O)N2Cc3cccc(F)c3C2)C[C@H]1C(=O)NC1B(O)OC[C@@H]1CC=C. The maximum absolute atomic E-state index is 14.4. The fourth-order valence-electron chi connectivity index (χ4n) is 7.07. The van der Waals surface area contributed by atoms with Gasteiger partial charge in [-0.25, -0.2) is 14.0 Å². The van der Waals surface area contributed by atoms with Gasteiger partial charge in [0.25, 0.3) is 0 Å². The van der Waals surface area contributed by atoms with Gasteiger partial charge in [0.05, 0.1) is 19.0 Å². The van der Waals surface area contributed by atoms with Crippen LogP contribution in [0.15, 0.2) is 43.5 Å². The minimum absolute atomic E-state index is 0.00996. The molecule has 4 aliphatic rings. The number of carbonyl (C=O) groups is 4. The van der Waals surface area contributed by atoms with Crippen molar-refractivity contribution < 1.29 is 42.7 Å². The summed E-state index contributed by atoms with van der Waals surface area (Å²) in [4.78, 5) is 57.0. The van der Waals surface area contributed by atoms with Crippen LogP contribution in [0.25, 0.3) is 0 Å². The Hall–Kier alpha value is -3.91. The molecule has 3 fully saturated rings. The van der Waals surface area contributed by atoms with Crippen LogP contribution in [-0.2, 0) is 36.8 Å². The molecule has 1 aromatic carbocycles. The van der Waals surface area contributed by atoms with Gasteiger partial charge in [-0.05, 0) is 63.0 Å². The number of benzene rings is 1. The Morgan fingerprint density at radius 2 is 1.90 bits per heavy atom. The van der Waals surface area contributed by atoms with E-state index in [0.29, 0.717) is 30.4 Å². The summed E-state index contributed by atoms with van der Waals surface area (Å²) in [5, 5.41) is 16.1. The number of amides is 4. The van der Waals surface area contributed by atoms with E-state index in [9.17, 15) is 28.6 Å². The maximum Gasteiger partial charge on any atom is 0.478 e. The number of alkyl carbamates (subject to hydrolysis) is 1. The van der Waals surface area contributed by atoms with E-state index in [-0.39, 0.29) is 44.7 Å². The van der Waals surface area contributed by atoms with Crippen molar-refractivity contribution in [3.8, 4) is 0 Å². The number of nitrogens with zero attached hydrogens (tertiary/aromatic N) is 2. The average Bonchev–Trinajstić information content (AvgIpc) is 3.88. The lowest BCUT2D eigenvalue weighted by molar-refractivity contribution is -0.140. The summed E-state index contributed by atoms with van der Waals surface area (Å²) in [5.41, 5.74) is 1.12. The van der Waals surface area contributed by atoms with Crippen molar-refractivity contribution >= 4 is 31.1 Å². The normalized spacial score (nSPS) is 24.2. The van der Waals surface area contributed by atoms with Gasteiger partial charge >= 0.3 is 19.3 Å². The summed E-state index contributed by atoms with van der Waals surface area (Å²) < 4.78 is 31.1. The third kappa shape index (κ3) is 8.57. The molecule has 14 heteroatoms. The molecule has 5 rings (SSSR count). The number of halogens is 1. The van der Waals surface area contributed by atoms with Gasteiger partial charge in [0.1, 0.15) is 30.1 Å². The summed E-state index contributed by atoms with van der Waals surface area (Å²) >= 11 is 0. The molecule has 0 bridgehead atoms. The van der Waals surface area contributed by atoms with Gasteiger partial charge in [-0.1, -0.05) is 30.7 Å². The number of likely N-dealkylation sites (tertiary alicyclic amines) is 1. The highest BCUT2D eigenvalue weighted by Gasteiger charge is 2.47. The second-order valence-electron chi connectivity index (χ2n) is 13.1. The number of allylic oxidation sites excluding steroid dienone is 2. The monoisotopic (exact) mass is 668 g/mol. The van der Waals surface area contributed by atoms with E-state index in [4.69, 9.17) is 14.1 Å². The van der Waals surface area contributed by atoms with Gasteiger partial charge in [0, 0.05) is 31.1 Å². The molecule has 12 nitrogen and oxygen atoms in total. The van der Waals surface area contributed by atoms with Crippen LogP contribution in [0, 0.1) is 11.7 Å². The maximum atomic E-state index is 14.4. The van der Waals surface area contributed by atoms with Crippen molar-refractivity contribution in [2.24, 2.45) is 5.92 Å². The van der Waals surface area contributed by atoms with Gasteiger partial charge in [0.2, 0.25) is 11.8 Å². The molecule has 1 saturated carbocycles. The van der Waals surface area contributed by atoms with E-state index in [2.05, 4.69) is 23.8 Å². The summed E-state index contributed by atoms with van der Waals surface area (Å²) in [6, 6.07) is 2.63. The Morgan fingerprint density at radius 1 is 1.10 bits per heavy atom. The van der Waals surface area contributed by atoms with Crippen LogP contribution in [0.3, 0.4) is 0 Å². The number of nitrogens with one attached hydrogen (secondary N) is 2. The smallest absolute Gasteiger partial charge is 0.446 e. The first kappa shape index (κ1) is 35.4. The van der Waals surface area contributed by atoms with Crippen LogP contribution >= 0.6 is 0 Å². The summed E-state index contributed by atoms with van der Waals surface area (Å²) in [6.45, 7) is 7.85. The predicted molar refractivity (Wildman–Crippen MR) is 175 cm³/mol. The minimum Gasteiger partial charge on any atom is -0.446 e. The van der Waals surface area contributed by atoms with E-state index in [1.54, 1.807) is 24.3 Å². The number of carbonyl (C=O) groups excluding carboxylic acids is 4. The second-order valence-corrected chi connectivity index (χ2v) is 13.1. The zero-order valence-electron chi connectivity index (χ0n) is 27.3. The zero-order chi connectivity index (χ0) is 34.2. The molecule has 1 aromatic rings. The lowest BCUT2D eigenvalue weighted by atomic mass is 9.74. The molecule has 3 N–H and O–H groups in total. The van der Waals surface area contributed by atoms with Crippen molar-refractivity contribution in [2.45, 2.75) is 108 Å². The lowest BCUT2D eigenvalue weighted by Gasteiger charge is -2.30. The highest BCUT2D eigenvalue weighted by molar-refractivity contribution is 6.46. The molecule has 48 heavy (non-hydrogen) atoms. The van der Waals surface area contributed by atoms with Crippen molar-refractivity contribution in [1.82, 2.24) is 20.4 Å². The average molecular weight is 669 g/mol. The Balaban J connectivity index is 1.32. The number of ether oxygens (including phenoxy) is 2. The number of unbranched alkanes of at least 4 members (excludes halogenated alkanes) is 2. The fraction of sp³-hybridized carbons (Fsp3) is 0.588. The standard InChI is InChI=1S/C34H46BFN4O8/c1-3-5-6-7-16-28(37-33(43)47-24-13-8-9-14-24)32(42)40-19-25(48-34(44)39-18-22-12-10-15-27(36)26(22)20-39)17-29(40)31(41)38-30-23(11-4-2)21-46-35(30)45/h3-4,10,12,15,23-25,28-30,45H,1-2,5-9,11,13-14,16-21H2,(H,37,43)(H,38,41)/t23-,25+,28-,29-,30?/m0/s1. The van der Waals surface area contributed by atoms with E-state index < -0.39 is 61.1 Å². The molecule has 2 saturated heterocycles. The minimum atomic E-state index is -1.24. The molecule has 0 radical (unpaired) electrons. The van der Waals surface area contributed by atoms with Crippen molar-refractivity contribution in [3.05, 3.63) is 60.5 Å². The molecule has 3 heterocycles. The largest absolute Gasteiger partial charge is 0.478 e. The molecule has 3 aliphatic heterocycles. The number of hydrogen-bond acceptors (Lipinski definition) is 8. The zero-order valence-corrected chi connectivity index (χ0v) is 27.3. The van der Waals surface area contributed by atoms with Gasteiger partial charge in [-0.2, -0.15) is 0 Å². The molecular weight excluding hydrogens is 622 g/mol. The Morgan fingerprint density at radius 3 is 2.62 bits per heavy atom. The second kappa shape index (κ2) is 16.5. The molecular formula is C34H46BFN4O8. The summed E-state index contributed by atoms with van der Waals surface area (Å²) in [6.07, 6.45) is 7.39. The first-order valence-corrected chi connectivity index (χ1v) is 17.0. The van der Waals surface area contributed by atoms with Gasteiger partial charge in [-0.3, -0.25) is 14.5 Å². The summed E-state index contributed by atoms with van der Waals surface area (Å²) in [5.74, 6) is -2.40. The number of fused-ring (bicyclic) bond motifs is 1. The van der Waals surface area contributed by atoms with Gasteiger partial charge in [0.15, 0.2) is 0 Å². The summed E-state index contributed by atoms with van der Waals surface area (Å²) in [7, 11) is -1.24. The highest BCUT2D eigenvalue weighted by Crippen LogP contribution is 2.29. The Kier molecular flexibility index (Phi) is 12.1. The van der Waals surface area contributed by atoms with E-state index >= 15 is 0 Å². The lowest BCUT2D eigenvalue weighted by Crippen LogP contribution is -2.56. The molecule has 260 valence electrons. The first-order valence-electron chi connectivity index (χ1n) is 17.0. The van der Waals surface area contributed by atoms with Crippen molar-refractivity contribution in [3.63, 3.8) is 0 Å². The number of hydrogen-bond donors (Lipinski definition) is 3. The quantitative estimate of drug-likeness (QED) is 0.164. The van der Waals surface area contributed by atoms with E-state index in [1.165, 1.54) is 15.9 Å². The van der Waals surface area contributed by atoms with Crippen LogP contribution in [0.5, 0.6) is 0 Å². The highest BCUT2D eigenvalue weighted by atomic mass is 19.1. The van der Waals surface area contributed by atoms with E-state index in [1.807, 2.05) is 0 Å². The van der Waals surface area contributed by atoms with Crippen LogP contribution in [-0.4, -0.2) is 89.3 Å². The number of rotatable bonds is 13. The molecule has 1 aliphatic carbocycles. The Labute approximate surface area is 281 Å². The molecule has 0 aromatic heterocycles. The van der Waals surface area contributed by atoms with Crippen molar-refractivity contribution in [1.29, 1.82) is 0 Å². The van der Waals surface area contributed by atoms with Crippen LogP contribution < -0.4 is 10.6 Å². The van der Waals surface area contributed by atoms with E-state index in [0.717, 1.165) is 38.5 Å². The third-order valence-corrected chi connectivity index (χ3v) is 9.69. The van der Waals surface area contributed by atoms with Crippen molar-refractivity contribution in [2.75, 3.05) is 13.2 Å². The Bertz CT molecular complexity index is 1360. The molecule has 1 unspecified atom stereocenters. The topological polar surface area (TPSA) is 147 Å². The fourth-order valence-corrected chi connectivity index (χ4v) is 7.07. The van der Waals surface area contributed by atoms with Crippen LogP contribution in [0.4, 0.5) is 14.0 Å².